The van der Waals surface area contributed by atoms with Crippen molar-refractivity contribution in [2.24, 2.45) is 0 Å². The zero-order chi connectivity index (χ0) is 14.6. The number of morpholine rings is 1. The first-order valence-corrected chi connectivity index (χ1v) is 6.55. The number of ether oxygens (including phenoxy) is 1. The van der Waals surface area contributed by atoms with Crippen LogP contribution >= 0.6 is 0 Å². The minimum Gasteiger partial charge on any atom is -0.379 e. The topological polar surface area (TPSA) is 37.4 Å². The summed E-state index contributed by atoms with van der Waals surface area (Å²) < 4.78 is 43.8. The molecular formula is C13H18F3N3O. The molecule has 7 heteroatoms. The van der Waals surface area contributed by atoms with Crippen molar-refractivity contribution in [2.45, 2.75) is 19.1 Å². The molecule has 1 aromatic heterocycles. The Morgan fingerprint density at radius 2 is 2.10 bits per heavy atom. The summed E-state index contributed by atoms with van der Waals surface area (Å²) in [6, 6.07) is 2.21. The normalized spacial score (nSPS) is 18.8. The third-order valence-corrected chi connectivity index (χ3v) is 3.13. The van der Waals surface area contributed by atoms with E-state index in [1.807, 2.05) is 6.92 Å². The quantitative estimate of drug-likeness (QED) is 0.922. The average Bonchev–Trinajstić information content (AvgIpc) is 2.39. The van der Waals surface area contributed by atoms with Crippen molar-refractivity contribution in [1.82, 2.24) is 9.88 Å². The zero-order valence-electron chi connectivity index (χ0n) is 11.3. The molecule has 0 aromatic carbocycles. The second kappa shape index (κ2) is 6.41. The van der Waals surface area contributed by atoms with E-state index in [9.17, 15) is 13.2 Å². The SMILES string of the molecule is CC(CN1CCOCC1)Nc1ncccc1C(F)(F)F. The molecule has 2 rings (SSSR count). The third-order valence-electron chi connectivity index (χ3n) is 3.13. The molecular weight excluding hydrogens is 271 g/mol. The van der Waals surface area contributed by atoms with E-state index in [1.165, 1.54) is 12.3 Å². The summed E-state index contributed by atoms with van der Waals surface area (Å²) in [6.07, 6.45) is -3.03. The molecule has 1 atom stereocenters. The molecule has 0 aliphatic carbocycles. The van der Waals surface area contributed by atoms with Crippen LogP contribution in [0.2, 0.25) is 0 Å². The highest BCUT2D eigenvalue weighted by Gasteiger charge is 2.34. The summed E-state index contributed by atoms with van der Waals surface area (Å²) in [5.41, 5.74) is -0.728. The lowest BCUT2D eigenvalue weighted by Crippen LogP contribution is -2.42. The fourth-order valence-electron chi connectivity index (χ4n) is 2.20. The summed E-state index contributed by atoms with van der Waals surface area (Å²) in [5.74, 6) is -0.110. The first-order valence-electron chi connectivity index (χ1n) is 6.55. The molecule has 4 nitrogen and oxygen atoms in total. The number of nitrogens with zero attached hydrogens (tertiary/aromatic N) is 2. The Morgan fingerprint density at radius 3 is 2.75 bits per heavy atom. The predicted molar refractivity (Wildman–Crippen MR) is 69.6 cm³/mol. The number of aromatic nitrogens is 1. The average molecular weight is 289 g/mol. The maximum Gasteiger partial charge on any atom is 0.419 e. The van der Waals surface area contributed by atoms with Crippen molar-refractivity contribution in [3.8, 4) is 0 Å². The molecule has 1 aromatic rings. The van der Waals surface area contributed by atoms with Crippen molar-refractivity contribution in [3.63, 3.8) is 0 Å². The lowest BCUT2D eigenvalue weighted by atomic mass is 10.2. The van der Waals surface area contributed by atoms with Gasteiger partial charge in [0.05, 0.1) is 18.8 Å². The zero-order valence-corrected chi connectivity index (χ0v) is 11.3. The number of rotatable bonds is 4. The fourth-order valence-corrected chi connectivity index (χ4v) is 2.20. The number of alkyl halides is 3. The van der Waals surface area contributed by atoms with Gasteiger partial charge in [-0.2, -0.15) is 13.2 Å². The van der Waals surface area contributed by atoms with Gasteiger partial charge in [-0.05, 0) is 19.1 Å². The van der Waals surface area contributed by atoms with Crippen LogP contribution in [0.25, 0.3) is 0 Å². The highest BCUT2D eigenvalue weighted by Crippen LogP contribution is 2.33. The van der Waals surface area contributed by atoms with Crippen LogP contribution in [0.1, 0.15) is 12.5 Å². The van der Waals surface area contributed by atoms with Crippen LogP contribution in [-0.4, -0.2) is 48.8 Å². The Labute approximate surface area is 115 Å². The molecule has 0 amide bonds. The standard InChI is InChI=1S/C13H18F3N3O/c1-10(9-19-5-7-20-8-6-19)18-12-11(13(14,15)16)3-2-4-17-12/h2-4,10H,5-9H2,1H3,(H,17,18). The van der Waals surface area contributed by atoms with E-state index in [1.54, 1.807) is 0 Å². The van der Waals surface area contributed by atoms with Crippen LogP contribution in [-0.2, 0) is 10.9 Å². The molecule has 1 aliphatic heterocycles. The summed E-state index contributed by atoms with van der Waals surface area (Å²) >= 11 is 0. The molecule has 1 unspecified atom stereocenters. The Kier molecular flexibility index (Phi) is 4.82. The van der Waals surface area contributed by atoms with Crippen LogP contribution < -0.4 is 5.32 Å². The van der Waals surface area contributed by atoms with E-state index >= 15 is 0 Å². The number of anilines is 1. The molecule has 0 spiro atoms. The fraction of sp³-hybridized carbons (Fsp3) is 0.615. The van der Waals surface area contributed by atoms with Gasteiger partial charge in [-0.1, -0.05) is 0 Å². The van der Waals surface area contributed by atoms with Gasteiger partial charge in [-0.3, -0.25) is 4.90 Å². The highest BCUT2D eigenvalue weighted by molar-refractivity contribution is 5.46. The Balaban J connectivity index is 1.98. The highest BCUT2D eigenvalue weighted by atomic mass is 19.4. The molecule has 1 N–H and O–H groups in total. The minimum absolute atomic E-state index is 0.110. The van der Waals surface area contributed by atoms with Crippen molar-refractivity contribution in [3.05, 3.63) is 23.9 Å². The number of nitrogens with one attached hydrogen (secondary N) is 1. The van der Waals surface area contributed by atoms with E-state index in [2.05, 4.69) is 15.2 Å². The third kappa shape index (κ3) is 4.08. The van der Waals surface area contributed by atoms with Gasteiger partial charge in [0.15, 0.2) is 0 Å². The van der Waals surface area contributed by atoms with Gasteiger partial charge in [-0.25, -0.2) is 4.98 Å². The predicted octanol–water partition coefficient (Wildman–Crippen LogP) is 2.23. The minimum atomic E-state index is -4.39. The molecule has 0 radical (unpaired) electrons. The second-order valence-electron chi connectivity index (χ2n) is 4.86. The van der Waals surface area contributed by atoms with Crippen molar-refractivity contribution in [2.75, 3.05) is 38.2 Å². The van der Waals surface area contributed by atoms with Gasteiger partial charge in [0, 0.05) is 31.9 Å². The van der Waals surface area contributed by atoms with E-state index in [4.69, 9.17) is 4.74 Å². The molecule has 2 heterocycles. The van der Waals surface area contributed by atoms with E-state index in [0.717, 1.165) is 19.2 Å². The maximum absolute atomic E-state index is 12.9. The molecule has 112 valence electrons. The summed E-state index contributed by atoms with van der Waals surface area (Å²) in [7, 11) is 0. The van der Waals surface area contributed by atoms with Crippen LogP contribution in [0.15, 0.2) is 18.3 Å². The first kappa shape index (κ1) is 15.1. The Morgan fingerprint density at radius 1 is 1.40 bits per heavy atom. The van der Waals surface area contributed by atoms with Crippen LogP contribution in [0.3, 0.4) is 0 Å². The monoisotopic (exact) mass is 289 g/mol. The van der Waals surface area contributed by atoms with Crippen molar-refractivity contribution >= 4 is 5.82 Å². The molecule has 1 aliphatic rings. The molecule has 1 saturated heterocycles. The molecule has 1 fully saturated rings. The van der Waals surface area contributed by atoms with E-state index < -0.39 is 11.7 Å². The smallest absolute Gasteiger partial charge is 0.379 e. The van der Waals surface area contributed by atoms with Gasteiger partial charge < -0.3 is 10.1 Å². The Bertz CT molecular complexity index is 433. The molecule has 0 saturated carbocycles. The summed E-state index contributed by atoms with van der Waals surface area (Å²) in [5, 5.41) is 2.85. The van der Waals surface area contributed by atoms with Gasteiger partial charge in [0.25, 0.3) is 0 Å². The number of halogens is 3. The van der Waals surface area contributed by atoms with Crippen LogP contribution in [0.4, 0.5) is 19.0 Å². The van der Waals surface area contributed by atoms with Gasteiger partial charge >= 0.3 is 6.18 Å². The van der Waals surface area contributed by atoms with Crippen LogP contribution in [0, 0.1) is 0 Å². The molecule has 0 bridgehead atoms. The van der Waals surface area contributed by atoms with E-state index in [0.29, 0.717) is 19.8 Å². The molecule has 20 heavy (non-hydrogen) atoms. The number of hydrogen-bond acceptors (Lipinski definition) is 4. The first-order chi connectivity index (χ1) is 9.47. The number of hydrogen-bond donors (Lipinski definition) is 1. The van der Waals surface area contributed by atoms with E-state index in [-0.39, 0.29) is 11.9 Å². The van der Waals surface area contributed by atoms with Crippen molar-refractivity contribution < 1.29 is 17.9 Å². The largest absolute Gasteiger partial charge is 0.419 e. The Hall–Kier alpha value is -1.34. The lowest BCUT2D eigenvalue weighted by Gasteiger charge is -2.29. The second-order valence-corrected chi connectivity index (χ2v) is 4.86. The van der Waals surface area contributed by atoms with Crippen molar-refractivity contribution in [1.29, 1.82) is 0 Å². The summed E-state index contributed by atoms with van der Waals surface area (Å²) in [6.45, 7) is 5.47. The van der Waals surface area contributed by atoms with Gasteiger partial charge in [0.2, 0.25) is 0 Å². The number of pyridine rings is 1. The van der Waals surface area contributed by atoms with Crippen LogP contribution in [0.5, 0.6) is 0 Å². The lowest BCUT2D eigenvalue weighted by molar-refractivity contribution is -0.137. The van der Waals surface area contributed by atoms with Gasteiger partial charge in [0.1, 0.15) is 5.82 Å². The van der Waals surface area contributed by atoms with Gasteiger partial charge in [-0.15, -0.1) is 0 Å². The summed E-state index contributed by atoms with van der Waals surface area (Å²) in [4.78, 5) is 5.97. The maximum atomic E-state index is 12.9.